The summed E-state index contributed by atoms with van der Waals surface area (Å²) in [6.45, 7) is 0. The molecule has 0 amide bonds. The highest BCUT2D eigenvalue weighted by Crippen LogP contribution is 2.44. The molecule has 118 valence electrons. The van der Waals surface area contributed by atoms with E-state index in [1.54, 1.807) is 0 Å². The van der Waals surface area contributed by atoms with E-state index < -0.39 is 0 Å². The van der Waals surface area contributed by atoms with Gasteiger partial charge in [0.2, 0.25) is 0 Å². The summed E-state index contributed by atoms with van der Waals surface area (Å²) < 4.78 is 0. The van der Waals surface area contributed by atoms with Crippen molar-refractivity contribution in [2.45, 2.75) is 12.8 Å². The Morgan fingerprint density at radius 3 is 1.42 bits per heavy atom. The van der Waals surface area contributed by atoms with Crippen LogP contribution in [0.25, 0.3) is 0 Å². The maximum atomic E-state index is 2.40. The van der Waals surface area contributed by atoms with Crippen molar-refractivity contribution in [3.8, 4) is 0 Å². The Hall–Kier alpha value is -2.74. The first-order valence-electron chi connectivity index (χ1n) is 8.51. The van der Waals surface area contributed by atoms with E-state index in [2.05, 4.69) is 84.6 Å². The molecule has 3 aromatic rings. The Morgan fingerprint density at radius 2 is 0.958 bits per heavy atom. The highest BCUT2D eigenvalue weighted by atomic mass is 15.1. The molecule has 0 saturated carbocycles. The Bertz CT molecular complexity index is 879. The highest BCUT2D eigenvalue weighted by molar-refractivity contribution is 5.81. The van der Waals surface area contributed by atoms with Crippen LogP contribution in [0.15, 0.2) is 60.7 Å². The number of benzene rings is 3. The van der Waals surface area contributed by atoms with Crippen LogP contribution < -0.4 is 9.80 Å². The van der Waals surface area contributed by atoms with Gasteiger partial charge in [-0.15, -0.1) is 0 Å². The highest BCUT2D eigenvalue weighted by Gasteiger charge is 2.25. The fourth-order valence-electron chi connectivity index (χ4n) is 4.22. The lowest BCUT2D eigenvalue weighted by Crippen LogP contribution is -2.23. The van der Waals surface area contributed by atoms with Crippen LogP contribution in [0.1, 0.15) is 22.3 Å². The van der Waals surface area contributed by atoms with Gasteiger partial charge in [0, 0.05) is 49.7 Å². The van der Waals surface area contributed by atoms with Gasteiger partial charge in [0.05, 0.1) is 0 Å². The average molecular weight is 312 g/mol. The monoisotopic (exact) mass is 312 g/mol. The number of rotatable bonds is 0. The molecule has 0 bridgehead atoms. The first-order valence-corrected chi connectivity index (χ1v) is 8.51. The molecule has 0 N–H and O–H groups in total. The minimum atomic E-state index is 1.01. The van der Waals surface area contributed by atoms with E-state index in [0.717, 1.165) is 12.8 Å². The number of para-hydroxylation sites is 2. The van der Waals surface area contributed by atoms with E-state index in [1.807, 2.05) is 0 Å². The lowest BCUT2D eigenvalue weighted by Gasteiger charge is -2.35. The van der Waals surface area contributed by atoms with Crippen molar-refractivity contribution in [1.82, 2.24) is 0 Å². The van der Waals surface area contributed by atoms with E-state index in [9.17, 15) is 0 Å². The van der Waals surface area contributed by atoms with Gasteiger partial charge in [-0.2, -0.15) is 0 Å². The molecule has 2 heteroatoms. The molecule has 24 heavy (non-hydrogen) atoms. The Balaban J connectivity index is 1.67. The summed E-state index contributed by atoms with van der Waals surface area (Å²) in [5.41, 5.74) is 11.0. The number of fused-ring (bicyclic) bond motifs is 4. The second kappa shape index (κ2) is 4.88. The summed E-state index contributed by atoms with van der Waals surface area (Å²) in [7, 11) is 4.37. The number of anilines is 4. The second-order valence-corrected chi connectivity index (χ2v) is 6.84. The van der Waals surface area contributed by atoms with Gasteiger partial charge in [-0.25, -0.2) is 0 Å². The van der Waals surface area contributed by atoms with Gasteiger partial charge in [0.1, 0.15) is 0 Å². The molecule has 0 aromatic heterocycles. The standard InChI is InChI=1S/C22H20N2/c1-23-19-9-5-3-7-15(19)11-17-14-22-18(13-21(17)23)12-16-8-4-6-10-20(16)24(22)2/h3-10,13-14H,11-12H2,1-2H3. The van der Waals surface area contributed by atoms with Crippen LogP contribution in [0.5, 0.6) is 0 Å². The lowest BCUT2D eigenvalue weighted by atomic mass is 9.89. The van der Waals surface area contributed by atoms with Gasteiger partial charge in [-0.1, -0.05) is 36.4 Å². The van der Waals surface area contributed by atoms with E-state index in [1.165, 1.54) is 45.0 Å². The molecule has 0 aliphatic carbocycles. The fraction of sp³-hybridized carbons (Fsp3) is 0.182. The topological polar surface area (TPSA) is 6.48 Å². The van der Waals surface area contributed by atoms with E-state index in [0.29, 0.717) is 0 Å². The molecule has 2 nitrogen and oxygen atoms in total. The number of hydrogen-bond acceptors (Lipinski definition) is 2. The van der Waals surface area contributed by atoms with Gasteiger partial charge in [-0.05, 0) is 46.5 Å². The van der Waals surface area contributed by atoms with Gasteiger partial charge in [0.25, 0.3) is 0 Å². The van der Waals surface area contributed by atoms with Crippen molar-refractivity contribution < 1.29 is 0 Å². The van der Waals surface area contributed by atoms with Gasteiger partial charge < -0.3 is 9.80 Å². The molecular formula is C22H20N2. The maximum Gasteiger partial charge on any atom is 0.0448 e. The summed E-state index contributed by atoms with van der Waals surface area (Å²) in [6.07, 6.45) is 2.03. The minimum absolute atomic E-state index is 1.01. The van der Waals surface area contributed by atoms with Gasteiger partial charge >= 0.3 is 0 Å². The summed E-state index contributed by atoms with van der Waals surface area (Å²) in [6, 6.07) is 22.3. The summed E-state index contributed by atoms with van der Waals surface area (Å²) in [5, 5.41) is 0. The Kier molecular flexibility index (Phi) is 2.78. The molecule has 0 fully saturated rings. The third-order valence-corrected chi connectivity index (χ3v) is 5.47. The molecule has 3 aromatic carbocycles. The lowest BCUT2D eigenvalue weighted by molar-refractivity contribution is 1.01. The third-order valence-electron chi connectivity index (χ3n) is 5.47. The molecule has 5 rings (SSSR count). The van der Waals surface area contributed by atoms with Crippen molar-refractivity contribution in [3.63, 3.8) is 0 Å². The Morgan fingerprint density at radius 1 is 0.542 bits per heavy atom. The van der Waals surface area contributed by atoms with Gasteiger partial charge in [-0.3, -0.25) is 0 Å². The van der Waals surface area contributed by atoms with Crippen LogP contribution >= 0.6 is 0 Å². The SMILES string of the molecule is CN1c2ccccc2Cc2cc3c(cc21)Cc1ccccc1N3C. The largest absolute Gasteiger partial charge is 0.344 e. The molecular weight excluding hydrogens is 292 g/mol. The first kappa shape index (κ1) is 13.7. The zero-order valence-corrected chi connectivity index (χ0v) is 14.1. The fourth-order valence-corrected chi connectivity index (χ4v) is 4.22. The zero-order valence-electron chi connectivity index (χ0n) is 14.1. The minimum Gasteiger partial charge on any atom is -0.344 e. The quantitative estimate of drug-likeness (QED) is 0.574. The molecule has 0 spiro atoms. The summed E-state index contributed by atoms with van der Waals surface area (Å²) in [5.74, 6) is 0. The van der Waals surface area contributed by atoms with Crippen LogP contribution in [-0.2, 0) is 12.8 Å². The van der Waals surface area contributed by atoms with Gasteiger partial charge in [0.15, 0.2) is 0 Å². The van der Waals surface area contributed by atoms with Crippen molar-refractivity contribution in [2.75, 3.05) is 23.9 Å². The average Bonchev–Trinajstić information content (AvgIpc) is 2.62. The molecule has 0 unspecified atom stereocenters. The normalized spacial score (nSPS) is 14.6. The van der Waals surface area contributed by atoms with Crippen LogP contribution in [0.3, 0.4) is 0 Å². The van der Waals surface area contributed by atoms with Crippen LogP contribution in [-0.4, -0.2) is 14.1 Å². The van der Waals surface area contributed by atoms with E-state index >= 15 is 0 Å². The van der Waals surface area contributed by atoms with E-state index in [-0.39, 0.29) is 0 Å². The predicted molar refractivity (Wildman–Crippen MR) is 101 cm³/mol. The smallest absolute Gasteiger partial charge is 0.0448 e. The van der Waals surface area contributed by atoms with Crippen LogP contribution in [0, 0.1) is 0 Å². The van der Waals surface area contributed by atoms with Crippen molar-refractivity contribution in [1.29, 1.82) is 0 Å². The third kappa shape index (κ3) is 1.83. The van der Waals surface area contributed by atoms with Crippen molar-refractivity contribution in [2.24, 2.45) is 0 Å². The van der Waals surface area contributed by atoms with Crippen molar-refractivity contribution >= 4 is 22.7 Å². The van der Waals surface area contributed by atoms with Crippen LogP contribution in [0.2, 0.25) is 0 Å². The maximum absolute atomic E-state index is 2.40. The van der Waals surface area contributed by atoms with Crippen molar-refractivity contribution in [3.05, 3.63) is 82.9 Å². The second-order valence-electron chi connectivity index (χ2n) is 6.84. The summed E-state index contributed by atoms with van der Waals surface area (Å²) >= 11 is 0. The predicted octanol–water partition coefficient (Wildman–Crippen LogP) is 5.03. The molecule has 2 aliphatic heterocycles. The number of nitrogens with zero attached hydrogens (tertiary/aromatic N) is 2. The Labute approximate surface area is 143 Å². The summed E-state index contributed by atoms with van der Waals surface area (Å²) in [4.78, 5) is 4.68. The molecule has 2 heterocycles. The van der Waals surface area contributed by atoms with Crippen LogP contribution in [0.4, 0.5) is 22.7 Å². The molecule has 0 saturated heterocycles. The number of hydrogen-bond donors (Lipinski definition) is 0. The molecule has 0 atom stereocenters. The van der Waals surface area contributed by atoms with E-state index in [4.69, 9.17) is 0 Å². The first-order chi connectivity index (χ1) is 11.7. The molecule has 0 radical (unpaired) electrons. The zero-order chi connectivity index (χ0) is 16.3. The molecule has 2 aliphatic rings.